The number of nitro groups is 3. The second kappa shape index (κ2) is 9.31. The third-order valence-corrected chi connectivity index (χ3v) is 3.42. The van der Waals surface area contributed by atoms with Gasteiger partial charge in [-0.25, -0.2) is 0 Å². The number of esters is 2. The van der Waals surface area contributed by atoms with E-state index in [2.05, 4.69) is 9.47 Å². The van der Waals surface area contributed by atoms with Gasteiger partial charge in [-0.3, -0.25) is 39.9 Å². The number of hydrogen-bond acceptors (Lipinski definition) is 11. The van der Waals surface area contributed by atoms with Crippen LogP contribution in [0.5, 0.6) is 0 Å². The quantitative estimate of drug-likeness (QED) is 0.269. The van der Waals surface area contributed by atoms with E-state index in [9.17, 15) is 45.0 Å². The minimum atomic E-state index is -2.43. The maximum Gasteiger partial charge on any atom is 0.323 e. The highest BCUT2D eigenvalue weighted by molar-refractivity contribution is 5.96. The van der Waals surface area contributed by atoms with Crippen molar-refractivity contribution in [1.29, 1.82) is 0 Å². The lowest BCUT2D eigenvalue weighted by molar-refractivity contribution is -0.404. The van der Waals surface area contributed by atoms with Crippen molar-refractivity contribution in [3.05, 3.63) is 48.0 Å². The molecule has 0 spiro atoms. The van der Waals surface area contributed by atoms with Gasteiger partial charge in [0.15, 0.2) is 5.92 Å². The molecule has 1 rings (SSSR count). The van der Waals surface area contributed by atoms with E-state index in [4.69, 9.17) is 0 Å². The average molecular weight is 401 g/mol. The van der Waals surface area contributed by atoms with Crippen LogP contribution in [0.3, 0.4) is 0 Å². The Balaban J connectivity index is 3.74. The third-order valence-electron chi connectivity index (χ3n) is 3.42. The second-order valence-corrected chi connectivity index (χ2v) is 5.10. The second-order valence-electron chi connectivity index (χ2n) is 5.10. The van der Waals surface area contributed by atoms with Gasteiger partial charge in [-0.05, 0) is 13.8 Å². The molecule has 0 aliphatic heterocycles. The fourth-order valence-corrected chi connectivity index (χ4v) is 2.30. The number of rotatable bonds is 9. The predicted molar refractivity (Wildman–Crippen MR) is 88.1 cm³/mol. The van der Waals surface area contributed by atoms with Gasteiger partial charge in [0.1, 0.15) is 11.7 Å². The van der Waals surface area contributed by atoms with E-state index in [1.165, 1.54) is 13.8 Å². The first-order valence-electron chi connectivity index (χ1n) is 7.69. The molecule has 0 heterocycles. The van der Waals surface area contributed by atoms with Crippen LogP contribution in [0, 0.1) is 36.3 Å². The Morgan fingerprint density at radius 1 is 0.929 bits per heavy atom. The molecule has 1 aromatic rings. The van der Waals surface area contributed by atoms with Gasteiger partial charge in [0.25, 0.3) is 17.1 Å². The van der Waals surface area contributed by atoms with Gasteiger partial charge in [-0.1, -0.05) is 0 Å². The predicted octanol–water partition coefficient (Wildman–Crippen LogP) is 1.19. The maximum atomic E-state index is 12.1. The van der Waals surface area contributed by atoms with Crippen molar-refractivity contribution in [2.45, 2.75) is 20.0 Å². The van der Waals surface area contributed by atoms with Crippen LogP contribution in [0.25, 0.3) is 0 Å². The molecule has 1 atom stereocenters. The van der Waals surface area contributed by atoms with Crippen LogP contribution in [-0.2, 0) is 19.1 Å². The van der Waals surface area contributed by atoms with Crippen LogP contribution < -0.4 is 0 Å². The number of aliphatic hydroxyl groups is 1. The summed E-state index contributed by atoms with van der Waals surface area (Å²) in [5.41, 5.74) is -4.48. The molecule has 14 heteroatoms. The van der Waals surface area contributed by atoms with Crippen molar-refractivity contribution in [1.82, 2.24) is 0 Å². The van der Waals surface area contributed by atoms with Gasteiger partial charge in [0.2, 0.25) is 0 Å². The Kier molecular flexibility index (Phi) is 7.44. The lowest BCUT2D eigenvalue weighted by atomic mass is 9.92. The number of nitro benzene ring substituents is 3. The standard InChI is InChI=1S/C14H15N3O11/c1-3-27-13(19)11(14(20)28-4-2)12(18)10-8(16(23)24)5-7(15(21)22)6-9(10)17(25)26/h5-6,11-12,18H,3-4H2,1-2H3/t12-/m1/s1. The zero-order valence-electron chi connectivity index (χ0n) is 14.6. The molecule has 0 bridgehead atoms. The number of aliphatic hydroxyl groups excluding tert-OH is 1. The summed E-state index contributed by atoms with van der Waals surface area (Å²) >= 11 is 0. The topological polar surface area (TPSA) is 202 Å². The van der Waals surface area contributed by atoms with Crippen LogP contribution in [0.4, 0.5) is 17.1 Å². The van der Waals surface area contributed by atoms with Crippen LogP contribution >= 0.6 is 0 Å². The minimum absolute atomic E-state index is 0.230. The highest BCUT2D eigenvalue weighted by atomic mass is 16.6. The number of carbonyl (C=O) groups excluding carboxylic acids is 2. The highest BCUT2D eigenvalue weighted by Gasteiger charge is 2.45. The Morgan fingerprint density at radius 2 is 1.32 bits per heavy atom. The number of benzene rings is 1. The molecule has 0 saturated heterocycles. The molecule has 0 fully saturated rings. The van der Waals surface area contributed by atoms with Gasteiger partial charge in [-0.15, -0.1) is 0 Å². The van der Waals surface area contributed by atoms with E-state index in [1.807, 2.05) is 0 Å². The van der Waals surface area contributed by atoms with E-state index in [-0.39, 0.29) is 13.2 Å². The van der Waals surface area contributed by atoms with Gasteiger partial charge in [0, 0.05) is 0 Å². The normalized spacial score (nSPS) is 11.6. The largest absolute Gasteiger partial charge is 0.465 e. The molecule has 1 N–H and O–H groups in total. The lowest BCUT2D eigenvalue weighted by Gasteiger charge is -2.20. The van der Waals surface area contributed by atoms with E-state index in [0.29, 0.717) is 12.1 Å². The first kappa shape index (κ1) is 22.4. The summed E-state index contributed by atoms with van der Waals surface area (Å²) in [5.74, 6) is -4.86. The summed E-state index contributed by atoms with van der Waals surface area (Å²) in [6.07, 6.45) is -2.43. The number of hydrogen-bond donors (Lipinski definition) is 1. The summed E-state index contributed by atoms with van der Waals surface area (Å²) in [6.45, 7) is 2.30. The first-order chi connectivity index (χ1) is 13.1. The molecular formula is C14H15N3O11. The summed E-state index contributed by atoms with van der Waals surface area (Å²) in [4.78, 5) is 54.1. The van der Waals surface area contributed by atoms with Gasteiger partial charge < -0.3 is 14.6 Å². The molecule has 0 aliphatic rings. The molecule has 0 saturated carbocycles. The monoisotopic (exact) mass is 401 g/mol. The fourth-order valence-electron chi connectivity index (χ4n) is 2.30. The molecule has 0 radical (unpaired) electrons. The van der Waals surface area contributed by atoms with Crippen molar-refractivity contribution in [3.8, 4) is 0 Å². The van der Waals surface area contributed by atoms with Crippen LogP contribution in [0.2, 0.25) is 0 Å². The maximum absolute atomic E-state index is 12.1. The van der Waals surface area contributed by atoms with E-state index in [1.54, 1.807) is 0 Å². The van der Waals surface area contributed by atoms with Crippen molar-refractivity contribution in [3.63, 3.8) is 0 Å². The average Bonchev–Trinajstić information content (AvgIpc) is 2.60. The molecule has 28 heavy (non-hydrogen) atoms. The molecular weight excluding hydrogens is 386 g/mol. The number of carbonyl (C=O) groups is 2. The minimum Gasteiger partial charge on any atom is -0.465 e. The van der Waals surface area contributed by atoms with E-state index < -0.39 is 61.4 Å². The Labute approximate surface area is 156 Å². The number of non-ortho nitro benzene ring substituents is 1. The first-order valence-corrected chi connectivity index (χ1v) is 7.69. The van der Waals surface area contributed by atoms with E-state index >= 15 is 0 Å². The van der Waals surface area contributed by atoms with Crippen molar-refractivity contribution in [2.24, 2.45) is 5.92 Å². The van der Waals surface area contributed by atoms with Crippen LogP contribution in [0.1, 0.15) is 25.5 Å². The van der Waals surface area contributed by atoms with Crippen molar-refractivity contribution in [2.75, 3.05) is 13.2 Å². The third kappa shape index (κ3) is 4.73. The van der Waals surface area contributed by atoms with Gasteiger partial charge in [0.05, 0.1) is 40.1 Å². The van der Waals surface area contributed by atoms with Crippen molar-refractivity contribution >= 4 is 29.0 Å². The summed E-state index contributed by atoms with van der Waals surface area (Å²) in [6, 6.07) is 0.748. The summed E-state index contributed by atoms with van der Waals surface area (Å²) in [5, 5.41) is 44.0. The fraction of sp³-hybridized carbons (Fsp3) is 0.429. The molecule has 0 unspecified atom stereocenters. The molecule has 0 aromatic heterocycles. The zero-order valence-corrected chi connectivity index (χ0v) is 14.6. The van der Waals surface area contributed by atoms with E-state index in [0.717, 1.165) is 0 Å². The molecule has 0 amide bonds. The van der Waals surface area contributed by atoms with Crippen LogP contribution in [-0.4, -0.2) is 45.0 Å². The zero-order chi connectivity index (χ0) is 21.6. The summed E-state index contributed by atoms with van der Waals surface area (Å²) in [7, 11) is 0. The molecule has 14 nitrogen and oxygen atoms in total. The number of nitrogens with zero attached hydrogens (tertiary/aromatic N) is 3. The van der Waals surface area contributed by atoms with Crippen molar-refractivity contribution < 1.29 is 38.9 Å². The SMILES string of the molecule is CCOC(=O)C(C(=O)OCC)[C@H](O)c1c([N+](=O)[O-])cc([N+](=O)[O-])cc1[N+](=O)[O-]. The highest BCUT2D eigenvalue weighted by Crippen LogP contribution is 2.41. The Morgan fingerprint density at radius 3 is 1.61 bits per heavy atom. The molecule has 0 aliphatic carbocycles. The molecule has 152 valence electrons. The van der Waals surface area contributed by atoms with Gasteiger partial charge >= 0.3 is 11.9 Å². The Bertz CT molecular complexity index is 770. The molecule has 1 aromatic carbocycles. The number of ether oxygens (including phenoxy) is 2. The van der Waals surface area contributed by atoms with Gasteiger partial charge in [-0.2, -0.15) is 0 Å². The summed E-state index contributed by atoms with van der Waals surface area (Å²) < 4.78 is 9.26. The van der Waals surface area contributed by atoms with Crippen LogP contribution in [0.15, 0.2) is 12.1 Å². The smallest absolute Gasteiger partial charge is 0.323 e. The Hall–Kier alpha value is -3.68. The lowest BCUT2D eigenvalue weighted by Crippen LogP contribution is -2.34.